The van der Waals surface area contributed by atoms with Crippen molar-refractivity contribution in [3.8, 4) is 11.8 Å². The van der Waals surface area contributed by atoms with Crippen molar-refractivity contribution in [2.24, 2.45) is 0 Å². The van der Waals surface area contributed by atoms with E-state index in [0.29, 0.717) is 19.3 Å². The minimum atomic E-state index is -1.11. The van der Waals surface area contributed by atoms with Gasteiger partial charge in [-0.2, -0.15) is 0 Å². The van der Waals surface area contributed by atoms with E-state index in [4.69, 9.17) is 10.4 Å². The van der Waals surface area contributed by atoms with E-state index < -0.39 is 24.0 Å². The quantitative estimate of drug-likeness (QED) is 0.126. The summed E-state index contributed by atoms with van der Waals surface area (Å²) in [5.41, 5.74) is 0. The summed E-state index contributed by atoms with van der Waals surface area (Å²) in [6.07, 6.45) is 7.53. The minimum absolute atomic E-state index is 0.130. The summed E-state index contributed by atoms with van der Waals surface area (Å²) in [4.78, 5) is 26.2. The van der Waals surface area contributed by atoms with E-state index in [9.17, 15) is 14.7 Å². The third kappa shape index (κ3) is 12.6. The maximum atomic E-state index is 11.7. The van der Waals surface area contributed by atoms with E-state index in [-0.39, 0.29) is 19.3 Å². The Kier molecular flexibility index (Phi) is 13.5. The van der Waals surface area contributed by atoms with Gasteiger partial charge in [0.1, 0.15) is 12.2 Å². The molecule has 0 saturated carbocycles. The van der Waals surface area contributed by atoms with Crippen LogP contribution >= 0.6 is 0 Å². The Hall–Kier alpha value is -1.94. The largest absolute Gasteiger partial charge is 0.481 e. The van der Waals surface area contributed by atoms with Gasteiger partial charge < -0.3 is 10.2 Å². The van der Waals surface area contributed by atoms with Gasteiger partial charge in [0.25, 0.3) is 0 Å². The third-order valence-corrected chi connectivity index (χ3v) is 3.07. The number of aliphatic carboxylic acids is 1. The van der Waals surface area contributed by atoms with Crippen molar-refractivity contribution in [3.05, 3.63) is 24.3 Å². The van der Waals surface area contributed by atoms with Gasteiger partial charge >= 0.3 is 5.97 Å². The summed E-state index contributed by atoms with van der Waals surface area (Å²) >= 11 is 0. The van der Waals surface area contributed by atoms with Gasteiger partial charge in [-0.25, -0.2) is 4.89 Å². The van der Waals surface area contributed by atoms with Crippen LogP contribution in [0.15, 0.2) is 24.3 Å². The first kappa shape index (κ1) is 22.1. The Labute approximate surface area is 142 Å². The van der Waals surface area contributed by atoms with Gasteiger partial charge in [0, 0.05) is 19.3 Å². The molecule has 134 valence electrons. The highest BCUT2D eigenvalue weighted by molar-refractivity contribution is 5.93. The number of aliphatic hydroxyl groups excluding tert-OH is 1. The first-order valence-corrected chi connectivity index (χ1v) is 8.04. The smallest absolute Gasteiger partial charge is 0.303 e. The summed E-state index contributed by atoms with van der Waals surface area (Å²) in [5, 5.41) is 26.9. The van der Waals surface area contributed by atoms with Crippen LogP contribution in [0.4, 0.5) is 0 Å². The van der Waals surface area contributed by atoms with Gasteiger partial charge in [-0.15, -0.1) is 11.8 Å². The molecule has 0 spiro atoms. The Morgan fingerprint density at radius 3 is 2.58 bits per heavy atom. The molecule has 0 rings (SSSR count). The molecule has 0 unspecified atom stereocenters. The van der Waals surface area contributed by atoms with Crippen LogP contribution in [0, 0.1) is 11.8 Å². The number of rotatable bonds is 12. The Morgan fingerprint density at radius 2 is 1.96 bits per heavy atom. The summed E-state index contributed by atoms with van der Waals surface area (Å²) in [6.45, 7) is 1.96. The lowest BCUT2D eigenvalue weighted by Crippen LogP contribution is -2.18. The zero-order valence-corrected chi connectivity index (χ0v) is 14.0. The number of carboxylic acid groups (broad SMARTS) is 1. The molecule has 0 radical (unpaired) electrons. The van der Waals surface area contributed by atoms with Crippen LogP contribution in [0.1, 0.15) is 51.9 Å². The standard InChI is InChI=1S/C18H26O6/c1-2-3-7-11-16(19)17(20)14-13-15(24-23)10-8-5-4-6-9-12-18(21)22/h3,7,13-16,19,23H,2,4,6,9-12H2,1H3,(H,21,22)/b7-3-,14-13+/t15-,16+/m1/s1. The van der Waals surface area contributed by atoms with Gasteiger partial charge in [0.15, 0.2) is 5.78 Å². The summed E-state index contributed by atoms with van der Waals surface area (Å²) < 4.78 is 0. The molecule has 0 aliphatic heterocycles. The average Bonchev–Trinajstić information content (AvgIpc) is 2.56. The van der Waals surface area contributed by atoms with Crippen LogP contribution in [-0.4, -0.2) is 39.4 Å². The van der Waals surface area contributed by atoms with E-state index in [2.05, 4.69) is 16.7 Å². The maximum absolute atomic E-state index is 11.7. The fourth-order valence-corrected chi connectivity index (χ4v) is 1.71. The van der Waals surface area contributed by atoms with Crippen molar-refractivity contribution >= 4 is 11.8 Å². The summed E-state index contributed by atoms with van der Waals surface area (Å²) in [6, 6.07) is 0. The van der Waals surface area contributed by atoms with E-state index >= 15 is 0 Å². The fourth-order valence-electron chi connectivity index (χ4n) is 1.71. The van der Waals surface area contributed by atoms with Crippen LogP contribution in [0.5, 0.6) is 0 Å². The van der Waals surface area contributed by atoms with Crippen LogP contribution in [0.25, 0.3) is 0 Å². The third-order valence-electron chi connectivity index (χ3n) is 3.07. The molecule has 6 nitrogen and oxygen atoms in total. The highest BCUT2D eigenvalue weighted by atomic mass is 17.1. The molecule has 0 saturated heterocycles. The molecule has 24 heavy (non-hydrogen) atoms. The van der Waals surface area contributed by atoms with Crippen molar-refractivity contribution in [2.75, 3.05) is 0 Å². The lowest BCUT2D eigenvalue weighted by Gasteiger charge is -2.05. The molecule has 0 aliphatic carbocycles. The van der Waals surface area contributed by atoms with Gasteiger partial charge in [0.2, 0.25) is 0 Å². The van der Waals surface area contributed by atoms with E-state index in [1.807, 2.05) is 13.0 Å². The number of unbranched alkanes of at least 4 members (excludes halogenated alkanes) is 2. The van der Waals surface area contributed by atoms with Gasteiger partial charge in [-0.3, -0.25) is 14.8 Å². The Morgan fingerprint density at radius 1 is 1.21 bits per heavy atom. The molecule has 3 N–H and O–H groups in total. The highest BCUT2D eigenvalue weighted by Gasteiger charge is 2.11. The number of carboxylic acids is 1. The zero-order chi connectivity index (χ0) is 18.2. The second kappa shape index (κ2) is 14.6. The topological polar surface area (TPSA) is 104 Å². The second-order valence-electron chi connectivity index (χ2n) is 5.20. The van der Waals surface area contributed by atoms with Crippen LogP contribution in [0.2, 0.25) is 0 Å². The van der Waals surface area contributed by atoms with Crippen LogP contribution in [0.3, 0.4) is 0 Å². The first-order chi connectivity index (χ1) is 11.5. The molecule has 0 amide bonds. The molecule has 6 heteroatoms. The number of ketones is 1. The van der Waals surface area contributed by atoms with Crippen molar-refractivity contribution in [1.29, 1.82) is 0 Å². The lowest BCUT2D eigenvalue weighted by molar-refractivity contribution is -0.264. The summed E-state index contributed by atoms with van der Waals surface area (Å²) in [5.74, 6) is 4.38. The Balaban J connectivity index is 4.14. The molecular formula is C18H26O6. The molecule has 0 fully saturated rings. The zero-order valence-electron chi connectivity index (χ0n) is 14.0. The SMILES string of the molecule is CC/C=C\C[C@H](O)C(=O)/C=C/[C@@H](CC#CCCCCC(=O)O)OO. The van der Waals surface area contributed by atoms with Crippen LogP contribution in [-0.2, 0) is 14.5 Å². The number of aliphatic hydroxyl groups is 1. The number of hydrogen-bond acceptors (Lipinski definition) is 5. The maximum Gasteiger partial charge on any atom is 0.303 e. The molecule has 0 aromatic heterocycles. The predicted octanol–water partition coefficient (Wildman–Crippen LogP) is 2.73. The van der Waals surface area contributed by atoms with Crippen molar-refractivity contribution < 1.29 is 29.9 Å². The average molecular weight is 338 g/mol. The summed E-state index contributed by atoms with van der Waals surface area (Å²) in [7, 11) is 0. The van der Waals surface area contributed by atoms with Crippen molar-refractivity contribution in [1.82, 2.24) is 0 Å². The minimum Gasteiger partial charge on any atom is -0.481 e. The van der Waals surface area contributed by atoms with Crippen LogP contribution < -0.4 is 0 Å². The van der Waals surface area contributed by atoms with E-state index in [0.717, 1.165) is 6.42 Å². The van der Waals surface area contributed by atoms with Gasteiger partial charge in [-0.05, 0) is 37.8 Å². The Bertz CT molecular complexity index is 483. The molecular weight excluding hydrogens is 312 g/mol. The normalized spacial score (nSPS) is 13.6. The van der Waals surface area contributed by atoms with Gasteiger partial charge in [0.05, 0.1) is 0 Å². The fraction of sp³-hybridized carbons (Fsp3) is 0.556. The number of allylic oxidation sites excluding steroid dienone is 1. The van der Waals surface area contributed by atoms with Crippen molar-refractivity contribution in [3.63, 3.8) is 0 Å². The number of carbonyl (C=O) groups excluding carboxylic acids is 1. The highest BCUT2D eigenvalue weighted by Crippen LogP contribution is 2.03. The molecule has 0 aromatic rings. The van der Waals surface area contributed by atoms with E-state index in [1.165, 1.54) is 12.2 Å². The predicted molar refractivity (Wildman–Crippen MR) is 90.2 cm³/mol. The monoisotopic (exact) mass is 338 g/mol. The molecule has 0 aliphatic rings. The molecule has 0 bridgehead atoms. The first-order valence-electron chi connectivity index (χ1n) is 8.04. The lowest BCUT2D eigenvalue weighted by atomic mass is 10.1. The number of carbonyl (C=O) groups is 2. The van der Waals surface area contributed by atoms with Gasteiger partial charge in [-0.1, -0.05) is 19.1 Å². The second-order valence-corrected chi connectivity index (χ2v) is 5.20. The van der Waals surface area contributed by atoms with E-state index in [1.54, 1.807) is 6.08 Å². The van der Waals surface area contributed by atoms with Crippen molar-refractivity contribution in [2.45, 2.75) is 64.1 Å². The molecule has 0 aromatic carbocycles. The molecule has 0 heterocycles. The molecule has 2 atom stereocenters. The number of hydrogen-bond donors (Lipinski definition) is 3.